The molecule has 1 aromatic rings. The normalized spacial score (nSPS) is 12.1. The SMILES string of the molecule is Cc1nc(I)n(C(C)(C)C)n1. The number of aromatic nitrogens is 3. The maximum atomic E-state index is 4.28. The Morgan fingerprint density at radius 1 is 1.36 bits per heavy atom. The van der Waals surface area contributed by atoms with E-state index in [4.69, 9.17) is 0 Å². The van der Waals surface area contributed by atoms with E-state index < -0.39 is 0 Å². The van der Waals surface area contributed by atoms with Crippen LogP contribution in [0.4, 0.5) is 0 Å². The van der Waals surface area contributed by atoms with Crippen molar-refractivity contribution in [1.82, 2.24) is 14.8 Å². The zero-order valence-corrected chi connectivity index (χ0v) is 9.38. The largest absolute Gasteiger partial charge is 0.236 e. The van der Waals surface area contributed by atoms with Crippen molar-refractivity contribution >= 4 is 22.6 Å². The van der Waals surface area contributed by atoms with Gasteiger partial charge in [-0.15, -0.1) is 0 Å². The third-order valence-electron chi connectivity index (χ3n) is 1.31. The van der Waals surface area contributed by atoms with E-state index in [9.17, 15) is 0 Å². The highest BCUT2D eigenvalue weighted by Gasteiger charge is 2.17. The average Bonchev–Trinajstić information content (AvgIpc) is 2.08. The number of hydrogen-bond donors (Lipinski definition) is 0. The minimum absolute atomic E-state index is 0.0395. The standard InChI is InChI=1S/C7H12IN3/c1-5-9-6(8)11(10-5)7(2,3)4/h1-4H3. The van der Waals surface area contributed by atoms with E-state index in [1.807, 2.05) is 11.6 Å². The van der Waals surface area contributed by atoms with Crippen molar-refractivity contribution in [2.75, 3.05) is 0 Å². The fourth-order valence-corrected chi connectivity index (χ4v) is 2.00. The van der Waals surface area contributed by atoms with Gasteiger partial charge in [0.25, 0.3) is 0 Å². The lowest BCUT2D eigenvalue weighted by Gasteiger charge is -2.19. The van der Waals surface area contributed by atoms with Crippen molar-refractivity contribution in [1.29, 1.82) is 0 Å². The molecule has 0 spiro atoms. The van der Waals surface area contributed by atoms with Gasteiger partial charge in [0.2, 0.25) is 0 Å². The second-order valence-electron chi connectivity index (χ2n) is 3.51. The van der Waals surface area contributed by atoms with E-state index in [0.717, 1.165) is 9.66 Å². The van der Waals surface area contributed by atoms with Crippen LogP contribution in [0.1, 0.15) is 26.6 Å². The molecule has 0 bridgehead atoms. The van der Waals surface area contributed by atoms with Crippen molar-refractivity contribution in [3.8, 4) is 0 Å². The number of aryl methyl sites for hydroxylation is 1. The molecule has 4 heteroatoms. The summed E-state index contributed by atoms with van der Waals surface area (Å²) in [7, 11) is 0. The quantitative estimate of drug-likeness (QED) is 0.671. The smallest absolute Gasteiger partial charge is 0.190 e. The lowest BCUT2D eigenvalue weighted by molar-refractivity contribution is 0.345. The first-order valence-electron chi connectivity index (χ1n) is 3.51. The fraction of sp³-hybridized carbons (Fsp3) is 0.714. The van der Waals surface area contributed by atoms with Crippen LogP contribution in [0.2, 0.25) is 0 Å². The lowest BCUT2D eigenvalue weighted by atomic mass is 10.1. The minimum atomic E-state index is 0.0395. The fourth-order valence-electron chi connectivity index (χ4n) is 0.816. The van der Waals surface area contributed by atoms with Gasteiger partial charge >= 0.3 is 0 Å². The molecule has 0 amide bonds. The first kappa shape index (κ1) is 8.96. The highest BCUT2D eigenvalue weighted by Crippen LogP contribution is 2.15. The summed E-state index contributed by atoms with van der Waals surface area (Å²) in [5.41, 5.74) is 0.0395. The van der Waals surface area contributed by atoms with Gasteiger partial charge in [0.1, 0.15) is 5.82 Å². The molecular weight excluding hydrogens is 253 g/mol. The van der Waals surface area contributed by atoms with E-state index in [2.05, 4.69) is 53.4 Å². The molecule has 0 aliphatic rings. The Morgan fingerprint density at radius 2 is 1.91 bits per heavy atom. The average molecular weight is 265 g/mol. The molecule has 0 N–H and O–H groups in total. The second kappa shape index (κ2) is 2.73. The Balaban J connectivity index is 3.13. The summed E-state index contributed by atoms with van der Waals surface area (Å²) < 4.78 is 2.88. The number of hydrogen-bond acceptors (Lipinski definition) is 2. The van der Waals surface area contributed by atoms with Gasteiger partial charge in [0.15, 0.2) is 3.83 Å². The molecule has 0 fully saturated rings. The van der Waals surface area contributed by atoms with Crippen LogP contribution in [-0.2, 0) is 5.54 Å². The Morgan fingerprint density at radius 3 is 2.09 bits per heavy atom. The van der Waals surface area contributed by atoms with Crippen LogP contribution >= 0.6 is 22.6 Å². The van der Waals surface area contributed by atoms with Crippen LogP contribution in [0.25, 0.3) is 0 Å². The highest BCUT2D eigenvalue weighted by atomic mass is 127. The first-order chi connectivity index (χ1) is 4.91. The van der Waals surface area contributed by atoms with Gasteiger partial charge in [-0.1, -0.05) is 0 Å². The van der Waals surface area contributed by atoms with E-state index in [1.165, 1.54) is 0 Å². The predicted octanol–water partition coefficient (Wildman–Crippen LogP) is 1.95. The molecule has 0 unspecified atom stereocenters. The third kappa shape index (κ3) is 1.91. The highest BCUT2D eigenvalue weighted by molar-refractivity contribution is 14.1. The lowest BCUT2D eigenvalue weighted by Crippen LogP contribution is -2.24. The molecule has 11 heavy (non-hydrogen) atoms. The Labute approximate surface area is 80.3 Å². The molecule has 3 nitrogen and oxygen atoms in total. The number of nitrogens with zero attached hydrogens (tertiary/aromatic N) is 3. The van der Waals surface area contributed by atoms with Gasteiger partial charge in [-0.25, -0.2) is 9.67 Å². The first-order valence-corrected chi connectivity index (χ1v) is 4.59. The van der Waals surface area contributed by atoms with Gasteiger partial charge < -0.3 is 0 Å². The Hall–Kier alpha value is -0.130. The molecule has 0 radical (unpaired) electrons. The molecule has 0 aromatic carbocycles. The van der Waals surface area contributed by atoms with Gasteiger partial charge in [0, 0.05) is 22.6 Å². The number of rotatable bonds is 0. The summed E-state index contributed by atoms with van der Waals surface area (Å²) in [6, 6.07) is 0. The summed E-state index contributed by atoms with van der Waals surface area (Å²) in [6.45, 7) is 8.25. The van der Waals surface area contributed by atoms with E-state index in [0.29, 0.717) is 0 Å². The zero-order chi connectivity index (χ0) is 8.65. The van der Waals surface area contributed by atoms with Crippen molar-refractivity contribution in [2.45, 2.75) is 33.2 Å². The molecule has 0 saturated heterocycles. The molecule has 0 aliphatic heterocycles. The van der Waals surface area contributed by atoms with Gasteiger partial charge in [-0.2, -0.15) is 5.10 Å². The molecule has 1 aromatic heterocycles. The minimum Gasteiger partial charge on any atom is -0.236 e. The zero-order valence-electron chi connectivity index (χ0n) is 7.22. The molecule has 1 rings (SSSR count). The van der Waals surface area contributed by atoms with Crippen molar-refractivity contribution in [3.63, 3.8) is 0 Å². The summed E-state index contributed by atoms with van der Waals surface area (Å²) in [5.74, 6) is 0.837. The van der Waals surface area contributed by atoms with E-state index in [1.54, 1.807) is 0 Å². The maximum Gasteiger partial charge on any atom is 0.190 e. The van der Waals surface area contributed by atoms with Crippen LogP contribution in [0.3, 0.4) is 0 Å². The molecule has 0 aliphatic carbocycles. The molecular formula is C7H12IN3. The van der Waals surface area contributed by atoms with E-state index >= 15 is 0 Å². The molecule has 62 valence electrons. The molecule has 0 saturated carbocycles. The van der Waals surface area contributed by atoms with Crippen LogP contribution in [0.5, 0.6) is 0 Å². The molecule has 1 heterocycles. The molecule has 0 atom stereocenters. The predicted molar refractivity (Wildman–Crippen MR) is 52.5 cm³/mol. The Kier molecular flexibility index (Phi) is 2.22. The van der Waals surface area contributed by atoms with Gasteiger partial charge in [-0.3, -0.25) is 0 Å². The summed E-state index contributed by atoms with van der Waals surface area (Å²) in [6.07, 6.45) is 0. The number of halogens is 1. The van der Waals surface area contributed by atoms with Crippen LogP contribution in [0.15, 0.2) is 0 Å². The van der Waals surface area contributed by atoms with Crippen molar-refractivity contribution < 1.29 is 0 Å². The van der Waals surface area contributed by atoms with Gasteiger partial charge in [0.05, 0.1) is 5.54 Å². The van der Waals surface area contributed by atoms with E-state index in [-0.39, 0.29) is 5.54 Å². The van der Waals surface area contributed by atoms with Crippen LogP contribution < -0.4 is 0 Å². The second-order valence-corrected chi connectivity index (χ2v) is 4.48. The van der Waals surface area contributed by atoms with Gasteiger partial charge in [-0.05, 0) is 27.7 Å². The maximum absolute atomic E-state index is 4.28. The van der Waals surface area contributed by atoms with Crippen molar-refractivity contribution in [2.24, 2.45) is 0 Å². The summed E-state index contributed by atoms with van der Waals surface area (Å²) in [4.78, 5) is 4.22. The topological polar surface area (TPSA) is 30.7 Å². The third-order valence-corrected chi connectivity index (χ3v) is 2.01. The summed E-state index contributed by atoms with van der Waals surface area (Å²) in [5, 5.41) is 4.28. The monoisotopic (exact) mass is 265 g/mol. The van der Waals surface area contributed by atoms with Crippen LogP contribution in [-0.4, -0.2) is 14.8 Å². The van der Waals surface area contributed by atoms with Crippen molar-refractivity contribution in [3.05, 3.63) is 9.66 Å². The Bertz CT molecular complexity index is 259. The van der Waals surface area contributed by atoms with Crippen LogP contribution in [0, 0.1) is 10.8 Å². The summed E-state index contributed by atoms with van der Waals surface area (Å²) >= 11 is 2.20.